The van der Waals surface area contributed by atoms with Crippen LogP contribution in [0.15, 0.2) is 0 Å². The Morgan fingerprint density at radius 1 is 0.810 bits per heavy atom. The minimum Gasteiger partial charge on any atom is -0.525 e. The van der Waals surface area contributed by atoms with Crippen LogP contribution in [0.25, 0.3) is 0 Å². The first kappa shape index (κ1) is 20.7. The third-order valence-corrected chi connectivity index (χ3v) is 5.24. The van der Waals surface area contributed by atoms with Gasteiger partial charge >= 0.3 is 0 Å². The second-order valence-electron chi connectivity index (χ2n) is 6.56. The highest BCUT2D eigenvalue weighted by Crippen LogP contribution is 2.12. The van der Waals surface area contributed by atoms with E-state index in [1.54, 1.807) is 0 Å². The van der Waals surface area contributed by atoms with Gasteiger partial charge < -0.3 is 4.43 Å². The zero-order chi connectivity index (χ0) is 15.8. The molecule has 0 atom stereocenters. The molecule has 0 radical (unpaired) electrons. The Hall–Kier alpha value is -0.313. The highest BCUT2D eigenvalue weighted by atomic mass is 28.2. The van der Waals surface area contributed by atoms with Gasteiger partial charge in [0, 0.05) is 5.92 Å². The van der Waals surface area contributed by atoms with Crippen LogP contribution < -0.4 is 0 Å². The van der Waals surface area contributed by atoms with Crippen molar-refractivity contribution < 1.29 is 9.22 Å². The smallest absolute Gasteiger partial charge is 0.294 e. The lowest BCUT2D eigenvalue weighted by atomic mass is 10.1. The van der Waals surface area contributed by atoms with Crippen LogP contribution >= 0.6 is 0 Å². The number of hydrogen-bond donors (Lipinski definition) is 0. The molecule has 0 aromatic rings. The lowest BCUT2D eigenvalue weighted by molar-refractivity contribution is -0.137. The summed E-state index contributed by atoms with van der Waals surface area (Å²) in [5, 5.41) is 0. The topological polar surface area (TPSA) is 26.3 Å². The number of hydrogen-bond acceptors (Lipinski definition) is 2. The van der Waals surface area contributed by atoms with E-state index < -0.39 is 9.76 Å². The Morgan fingerprint density at radius 2 is 1.24 bits per heavy atom. The molecule has 0 rings (SSSR count). The van der Waals surface area contributed by atoms with E-state index in [2.05, 4.69) is 6.92 Å². The second kappa shape index (κ2) is 16.1. The molecule has 0 N–H and O–H groups in total. The van der Waals surface area contributed by atoms with Crippen molar-refractivity contribution in [1.82, 2.24) is 0 Å². The summed E-state index contributed by atoms with van der Waals surface area (Å²) >= 11 is 0. The molecule has 0 heterocycles. The van der Waals surface area contributed by atoms with E-state index in [0.717, 1.165) is 6.04 Å². The first-order chi connectivity index (χ1) is 10.2. The molecular formula is C18H38O2Si. The Balaban J connectivity index is 3.04. The van der Waals surface area contributed by atoms with E-state index in [1.807, 2.05) is 13.8 Å². The van der Waals surface area contributed by atoms with Gasteiger partial charge in [-0.3, -0.25) is 4.79 Å². The van der Waals surface area contributed by atoms with Gasteiger partial charge in [0.1, 0.15) is 0 Å². The molecule has 0 fully saturated rings. The third kappa shape index (κ3) is 15.9. The van der Waals surface area contributed by atoms with Gasteiger partial charge in [-0.25, -0.2) is 0 Å². The van der Waals surface area contributed by atoms with Crippen molar-refractivity contribution in [1.29, 1.82) is 0 Å². The highest BCUT2D eigenvalue weighted by Gasteiger charge is 2.06. The number of unbranched alkanes of at least 4 members (excludes halogenated alkanes) is 11. The number of carbonyl (C=O) groups is 1. The van der Waals surface area contributed by atoms with Crippen molar-refractivity contribution >= 4 is 15.7 Å². The van der Waals surface area contributed by atoms with Crippen LogP contribution in [-0.2, 0) is 9.22 Å². The lowest BCUT2D eigenvalue weighted by Gasteiger charge is -2.06. The van der Waals surface area contributed by atoms with Crippen LogP contribution in [0.2, 0.25) is 6.04 Å². The summed E-state index contributed by atoms with van der Waals surface area (Å²) < 4.78 is 5.30. The van der Waals surface area contributed by atoms with Crippen LogP contribution in [0.4, 0.5) is 0 Å². The molecule has 0 saturated heterocycles. The van der Waals surface area contributed by atoms with E-state index in [-0.39, 0.29) is 11.9 Å². The molecule has 0 spiro atoms. The van der Waals surface area contributed by atoms with Gasteiger partial charge in [-0.05, 0) is 6.04 Å². The predicted molar refractivity (Wildman–Crippen MR) is 95.4 cm³/mol. The molecule has 0 bridgehead atoms. The van der Waals surface area contributed by atoms with E-state index in [0.29, 0.717) is 0 Å². The Bertz CT molecular complexity index is 229. The minimum atomic E-state index is -0.587. The van der Waals surface area contributed by atoms with Gasteiger partial charge in [0.2, 0.25) is 9.76 Å². The van der Waals surface area contributed by atoms with Crippen LogP contribution in [0, 0.1) is 5.92 Å². The zero-order valence-corrected chi connectivity index (χ0v) is 16.2. The van der Waals surface area contributed by atoms with Gasteiger partial charge in [0.25, 0.3) is 5.97 Å². The normalized spacial score (nSPS) is 11.6. The largest absolute Gasteiger partial charge is 0.525 e. The SMILES string of the molecule is CCCCCCCCCCCCCC[SiH2]OC(=O)C(C)C. The number of rotatable bonds is 15. The van der Waals surface area contributed by atoms with Gasteiger partial charge in [0.15, 0.2) is 0 Å². The summed E-state index contributed by atoms with van der Waals surface area (Å²) in [7, 11) is -0.587. The fourth-order valence-corrected chi connectivity index (χ4v) is 3.70. The number of carbonyl (C=O) groups excluding carboxylic acids is 1. The maximum Gasteiger partial charge on any atom is 0.294 e. The Labute approximate surface area is 135 Å². The van der Waals surface area contributed by atoms with Gasteiger partial charge in [0.05, 0.1) is 0 Å². The molecule has 0 saturated carbocycles. The van der Waals surface area contributed by atoms with Gasteiger partial charge in [-0.2, -0.15) is 0 Å². The monoisotopic (exact) mass is 314 g/mol. The maximum absolute atomic E-state index is 11.3. The molecule has 0 aliphatic carbocycles. The quantitative estimate of drug-likeness (QED) is 0.299. The zero-order valence-electron chi connectivity index (χ0n) is 14.8. The molecular weight excluding hydrogens is 276 g/mol. The van der Waals surface area contributed by atoms with E-state index in [1.165, 1.54) is 77.0 Å². The van der Waals surface area contributed by atoms with Crippen molar-refractivity contribution in [3.63, 3.8) is 0 Å². The fourth-order valence-electron chi connectivity index (χ4n) is 2.46. The summed E-state index contributed by atoms with van der Waals surface area (Å²) in [6, 6.07) is 1.16. The van der Waals surface area contributed by atoms with E-state index >= 15 is 0 Å². The Kier molecular flexibility index (Phi) is 15.8. The van der Waals surface area contributed by atoms with Crippen LogP contribution in [0.5, 0.6) is 0 Å². The van der Waals surface area contributed by atoms with E-state index in [4.69, 9.17) is 4.43 Å². The predicted octanol–water partition coefficient (Wildman–Crippen LogP) is 5.39. The molecule has 126 valence electrons. The van der Waals surface area contributed by atoms with Crippen molar-refractivity contribution in [2.24, 2.45) is 5.92 Å². The third-order valence-electron chi connectivity index (χ3n) is 3.96. The van der Waals surface area contributed by atoms with Gasteiger partial charge in [-0.1, -0.05) is 97.8 Å². The van der Waals surface area contributed by atoms with Crippen molar-refractivity contribution in [3.05, 3.63) is 0 Å². The van der Waals surface area contributed by atoms with Crippen LogP contribution in [0.3, 0.4) is 0 Å². The first-order valence-corrected chi connectivity index (χ1v) is 10.9. The van der Waals surface area contributed by atoms with Crippen LogP contribution in [0.1, 0.15) is 97.8 Å². The average Bonchev–Trinajstić information content (AvgIpc) is 2.47. The summed E-state index contributed by atoms with van der Waals surface area (Å²) in [4.78, 5) is 11.3. The molecule has 0 amide bonds. The van der Waals surface area contributed by atoms with Crippen molar-refractivity contribution in [2.45, 2.75) is 104 Å². The summed E-state index contributed by atoms with van der Waals surface area (Å²) in [5.74, 6) is 0.0417. The molecule has 0 aliphatic heterocycles. The second-order valence-corrected chi connectivity index (χ2v) is 7.97. The summed E-state index contributed by atoms with van der Waals surface area (Å²) in [6.45, 7) is 6.08. The first-order valence-electron chi connectivity index (χ1n) is 9.35. The molecule has 2 nitrogen and oxygen atoms in total. The fraction of sp³-hybridized carbons (Fsp3) is 0.944. The Morgan fingerprint density at radius 3 is 1.67 bits per heavy atom. The summed E-state index contributed by atoms with van der Waals surface area (Å²) in [6.07, 6.45) is 16.7. The van der Waals surface area contributed by atoms with Gasteiger partial charge in [-0.15, -0.1) is 0 Å². The minimum absolute atomic E-state index is 0.000559. The lowest BCUT2D eigenvalue weighted by Crippen LogP contribution is -2.14. The highest BCUT2D eigenvalue weighted by molar-refractivity contribution is 6.30. The molecule has 0 aromatic heterocycles. The standard InChI is InChI=1S/C18H38O2Si/c1-4-5-6-7-8-9-10-11-12-13-14-15-16-21-20-18(19)17(2)3/h17H,4-16,21H2,1-3H3. The average molecular weight is 315 g/mol. The molecule has 0 aliphatic rings. The molecule has 0 unspecified atom stereocenters. The van der Waals surface area contributed by atoms with E-state index in [9.17, 15) is 4.79 Å². The maximum atomic E-state index is 11.3. The molecule has 21 heavy (non-hydrogen) atoms. The van der Waals surface area contributed by atoms with Crippen LogP contribution in [-0.4, -0.2) is 15.7 Å². The molecule has 0 aromatic carbocycles. The molecule has 3 heteroatoms. The van der Waals surface area contributed by atoms with Crippen molar-refractivity contribution in [3.8, 4) is 0 Å². The summed E-state index contributed by atoms with van der Waals surface area (Å²) in [5.41, 5.74) is 0. The van der Waals surface area contributed by atoms with Crippen molar-refractivity contribution in [2.75, 3.05) is 0 Å².